The second-order valence-corrected chi connectivity index (χ2v) is 12.6. The minimum absolute atomic E-state index is 0.103. The van der Waals surface area contributed by atoms with Gasteiger partial charge in [-0.3, -0.25) is 9.36 Å². The molecule has 0 amide bonds. The Balaban J connectivity index is 1.75. The van der Waals surface area contributed by atoms with Crippen LogP contribution in [0.1, 0.15) is 72.1 Å². The first-order chi connectivity index (χ1) is 15.9. The van der Waals surface area contributed by atoms with Crippen LogP contribution in [0, 0.1) is 23.2 Å². The Labute approximate surface area is 203 Å². The van der Waals surface area contributed by atoms with E-state index in [2.05, 4.69) is 26.5 Å². The van der Waals surface area contributed by atoms with E-state index in [0.717, 1.165) is 37.7 Å². The van der Waals surface area contributed by atoms with E-state index in [-0.39, 0.29) is 17.8 Å². The quantitative estimate of drug-likeness (QED) is 0.298. The van der Waals surface area contributed by atoms with Gasteiger partial charge in [-0.05, 0) is 85.3 Å². The fourth-order valence-corrected chi connectivity index (χ4v) is 7.60. The number of allylic oxidation sites excluding steroid dienone is 5. The van der Waals surface area contributed by atoms with Gasteiger partial charge in [-0.2, -0.15) is 0 Å². The van der Waals surface area contributed by atoms with Gasteiger partial charge in [-0.1, -0.05) is 51.2 Å². The fourth-order valence-electron chi connectivity index (χ4n) is 6.70. The molecular formula is C27H41O6P. The zero-order valence-electron chi connectivity index (χ0n) is 20.7. The topological polar surface area (TPSA) is 115 Å². The third kappa shape index (κ3) is 5.74. The number of ketones is 1. The van der Waals surface area contributed by atoms with Crippen LogP contribution in [0.15, 0.2) is 47.6 Å². The first-order valence-corrected chi connectivity index (χ1v) is 14.3. The molecule has 3 rings (SSSR count). The highest BCUT2D eigenvalue weighted by Gasteiger charge is 2.50. The summed E-state index contributed by atoms with van der Waals surface area (Å²) in [6.07, 6.45) is 12.6. The van der Waals surface area contributed by atoms with Crippen LogP contribution in [0.4, 0.5) is 0 Å². The van der Waals surface area contributed by atoms with Crippen LogP contribution in [0.2, 0.25) is 0 Å². The van der Waals surface area contributed by atoms with E-state index in [1.165, 1.54) is 11.6 Å². The molecule has 7 atom stereocenters. The Morgan fingerprint density at radius 2 is 1.97 bits per heavy atom. The van der Waals surface area contributed by atoms with Gasteiger partial charge in [0, 0.05) is 6.42 Å². The summed E-state index contributed by atoms with van der Waals surface area (Å²) in [6, 6.07) is 0. The predicted octanol–water partition coefficient (Wildman–Crippen LogP) is 4.85. The second-order valence-electron chi connectivity index (χ2n) is 10.8. The normalized spacial score (nSPS) is 36.7. The molecule has 0 aromatic heterocycles. The van der Waals surface area contributed by atoms with Crippen molar-refractivity contribution in [2.24, 2.45) is 23.2 Å². The van der Waals surface area contributed by atoms with Gasteiger partial charge in [0.05, 0.1) is 12.2 Å². The largest absolute Gasteiger partial charge is 0.393 e. The SMILES string of the molecule is C=C1C(=CC=C2CCC[C@@]3(C)C2CC[C@@H]3[C@H](C)C=CC(=O)[C@@H](CC)P(=O)(O)O)C[C@@H](O)C[C@@H]1O. The highest BCUT2D eigenvalue weighted by Crippen LogP contribution is 2.59. The molecule has 0 aromatic rings. The van der Waals surface area contributed by atoms with E-state index in [1.54, 1.807) is 6.92 Å². The smallest absolute Gasteiger partial charge is 0.336 e. The number of carbonyl (C=O) groups excluding carboxylic acids is 1. The Bertz CT molecular complexity index is 927. The van der Waals surface area contributed by atoms with Crippen LogP contribution in [0.3, 0.4) is 0 Å². The molecule has 1 unspecified atom stereocenters. The minimum atomic E-state index is -4.45. The molecule has 34 heavy (non-hydrogen) atoms. The zero-order valence-corrected chi connectivity index (χ0v) is 21.6. The van der Waals surface area contributed by atoms with Crippen LogP contribution in [0.25, 0.3) is 0 Å². The maximum Gasteiger partial charge on any atom is 0.336 e. The lowest BCUT2D eigenvalue weighted by atomic mass is 9.61. The van der Waals surface area contributed by atoms with Crippen molar-refractivity contribution in [1.82, 2.24) is 0 Å². The van der Waals surface area contributed by atoms with Gasteiger partial charge in [0.25, 0.3) is 0 Å². The summed E-state index contributed by atoms with van der Waals surface area (Å²) in [4.78, 5) is 31.3. The summed E-state index contributed by atoms with van der Waals surface area (Å²) < 4.78 is 11.6. The van der Waals surface area contributed by atoms with E-state index in [4.69, 9.17) is 0 Å². The molecule has 0 aromatic carbocycles. The van der Waals surface area contributed by atoms with E-state index in [9.17, 15) is 29.4 Å². The van der Waals surface area contributed by atoms with E-state index >= 15 is 0 Å². The van der Waals surface area contributed by atoms with E-state index in [1.807, 2.05) is 12.2 Å². The standard InChI is InChI=1S/C27H41O6P/c1-5-26(34(31,32)33)24(29)13-8-17(2)22-11-12-23-19(7-6-14-27(22,23)4)9-10-20-15-21(28)16-25(30)18(20)3/h8-10,13,17,21-23,25-26,28,30H,3,5-7,11-12,14-16H2,1-2,4H3,(H2,31,32,33)/t17-,21-,22-,23?,25+,26-,27-/m1/s1. The van der Waals surface area contributed by atoms with E-state index in [0.29, 0.717) is 30.3 Å². The Morgan fingerprint density at radius 1 is 1.26 bits per heavy atom. The Morgan fingerprint density at radius 3 is 2.62 bits per heavy atom. The molecule has 3 aliphatic carbocycles. The average Bonchev–Trinajstić information content (AvgIpc) is 3.10. The number of aliphatic hydroxyl groups is 2. The van der Waals surface area contributed by atoms with Crippen molar-refractivity contribution in [3.63, 3.8) is 0 Å². The summed E-state index contributed by atoms with van der Waals surface area (Å²) in [5.41, 5.74) is 1.88. The molecule has 0 saturated heterocycles. The lowest BCUT2D eigenvalue weighted by Gasteiger charge is -2.44. The molecule has 6 nitrogen and oxygen atoms in total. The number of rotatable bonds is 7. The van der Waals surface area contributed by atoms with Crippen molar-refractivity contribution in [2.45, 2.75) is 90.0 Å². The summed E-state index contributed by atoms with van der Waals surface area (Å²) >= 11 is 0. The molecule has 7 heteroatoms. The highest BCUT2D eigenvalue weighted by molar-refractivity contribution is 7.53. The molecule has 0 spiro atoms. The van der Waals surface area contributed by atoms with Crippen LogP contribution in [-0.2, 0) is 9.36 Å². The molecular weight excluding hydrogens is 451 g/mol. The highest BCUT2D eigenvalue weighted by atomic mass is 31.2. The molecule has 3 aliphatic rings. The first-order valence-electron chi connectivity index (χ1n) is 12.6. The van der Waals surface area contributed by atoms with Crippen molar-refractivity contribution < 1.29 is 29.4 Å². The van der Waals surface area contributed by atoms with Crippen LogP contribution in [-0.4, -0.2) is 43.7 Å². The van der Waals surface area contributed by atoms with Gasteiger partial charge in [0.2, 0.25) is 0 Å². The van der Waals surface area contributed by atoms with Gasteiger partial charge in [-0.15, -0.1) is 0 Å². The number of hydrogen-bond donors (Lipinski definition) is 4. The van der Waals surface area contributed by atoms with Crippen molar-refractivity contribution in [3.05, 3.63) is 47.6 Å². The van der Waals surface area contributed by atoms with Crippen molar-refractivity contribution in [1.29, 1.82) is 0 Å². The summed E-state index contributed by atoms with van der Waals surface area (Å²) in [5.74, 6) is 0.478. The molecule has 0 heterocycles. The molecule has 0 radical (unpaired) electrons. The first kappa shape index (κ1) is 27.3. The minimum Gasteiger partial charge on any atom is -0.393 e. The monoisotopic (exact) mass is 492 g/mol. The predicted molar refractivity (Wildman–Crippen MR) is 134 cm³/mol. The van der Waals surface area contributed by atoms with Crippen molar-refractivity contribution in [3.8, 4) is 0 Å². The fraction of sp³-hybridized carbons (Fsp3) is 0.667. The van der Waals surface area contributed by atoms with Crippen LogP contribution >= 0.6 is 7.60 Å². The number of aliphatic hydroxyl groups excluding tert-OH is 2. The lowest BCUT2D eigenvalue weighted by Crippen LogP contribution is -2.35. The molecule has 4 N–H and O–H groups in total. The molecule has 3 saturated carbocycles. The third-order valence-electron chi connectivity index (χ3n) is 8.62. The summed E-state index contributed by atoms with van der Waals surface area (Å²) in [5, 5.41) is 20.2. The van der Waals surface area contributed by atoms with Gasteiger partial charge in [0.15, 0.2) is 5.78 Å². The van der Waals surface area contributed by atoms with Gasteiger partial charge in [-0.25, -0.2) is 0 Å². The van der Waals surface area contributed by atoms with Crippen molar-refractivity contribution >= 4 is 13.4 Å². The van der Waals surface area contributed by atoms with Crippen molar-refractivity contribution in [2.75, 3.05) is 0 Å². The van der Waals surface area contributed by atoms with Crippen LogP contribution < -0.4 is 0 Å². The average molecular weight is 493 g/mol. The molecule has 3 fully saturated rings. The number of hydrogen-bond acceptors (Lipinski definition) is 4. The zero-order chi connectivity index (χ0) is 25.3. The van der Waals surface area contributed by atoms with E-state index < -0.39 is 31.2 Å². The molecule has 0 bridgehead atoms. The number of carbonyl (C=O) groups is 1. The molecule has 0 aliphatic heterocycles. The molecule has 190 valence electrons. The number of fused-ring (bicyclic) bond motifs is 1. The lowest BCUT2D eigenvalue weighted by molar-refractivity contribution is -0.114. The van der Waals surface area contributed by atoms with Gasteiger partial charge in [0.1, 0.15) is 5.66 Å². The Kier molecular flexibility index (Phi) is 8.63. The maximum absolute atomic E-state index is 12.4. The second kappa shape index (κ2) is 10.8. The van der Waals surface area contributed by atoms with Gasteiger partial charge >= 0.3 is 7.60 Å². The maximum atomic E-state index is 12.4. The third-order valence-corrected chi connectivity index (χ3v) is 10.1. The van der Waals surface area contributed by atoms with Crippen LogP contribution in [0.5, 0.6) is 0 Å². The van der Waals surface area contributed by atoms with Gasteiger partial charge < -0.3 is 20.0 Å². The summed E-state index contributed by atoms with van der Waals surface area (Å²) in [6.45, 7) is 10.1. The summed E-state index contributed by atoms with van der Waals surface area (Å²) in [7, 11) is -4.45. The Hall–Kier alpha value is -1.30.